The van der Waals surface area contributed by atoms with Crippen molar-refractivity contribution in [2.75, 3.05) is 38.2 Å². The fourth-order valence-electron chi connectivity index (χ4n) is 1.52. The number of nitrogens with two attached hydrogens (primary N) is 1. The van der Waals surface area contributed by atoms with E-state index in [1.807, 2.05) is 25.9 Å². The standard InChI is InChI=1S/C10H20N4OS/c1-7-8(11)13-16-9(7)12-5-10(2,15)6-14(3)4/h12,15H,5-6H2,1-4H3,(H2,11,13). The summed E-state index contributed by atoms with van der Waals surface area (Å²) in [6, 6.07) is 0. The van der Waals surface area contributed by atoms with E-state index in [0.29, 0.717) is 18.9 Å². The number of anilines is 2. The van der Waals surface area contributed by atoms with E-state index < -0.39 is 5.60 Å². The number of aliphatic hydroxyl groups is 1. The van der Waals surface area contributed by atoms with Crippen molar-refractivity contribution in [2.24, 2.45) is 0 Å². The molecule has 16 heavy (non-hydrogen) atoms. The topological polar surface area (TPSA) is 74.4 Å². The van der Waals surface area contributed by atoms with Crippen molar-refractivity contribution >= 4 is 22.4 Å². The zero-order valence-electron chi connectivity index (χ0n) is 10.2. The first-order chi connectivity index (χ1) is 7.32. The van der Waals surface area contributed by atoms with Gasteiger partial charge >= 0.3 is 0 Å². The van der Waals surface area contributed by atoms with E-state index in [0.717, 1.165) is 10.6 Å². The number of nitrogens with zero attached hydrogens (tertiary/aromatic N) is 2. The summed E-state index contributed by atoms with van der Waals surface area (Å²) in [5.41, 5.74) is 5.83. The summed E-state index contributed by atoms with van der Waals surface area (Å²) in [6.45, 7) is 4.81. The zero-order chi connectivity index (χ0) is 12.3. The van der Waals surface area contributed by atoms with E-state index in [9.17, 15) is 5.11 Å². The number of aromatic nitrogens is 1. The molecule has 1 aromatic heterocycles. The second-order valence-corrected chi connectivity index (χ2v) is 5.38. The number of nitrogen functional groups attached to an aromatic ring is 1. The molecule has 4 N–H and O–H groups in total. The molecule has 1 heterocycles. The normalized spacial score (nSPS) is 15.1. The van der Waals surface area contributed by atoms with Gasteiger partial charge in [0.25, 0.3) is 0 Å². The molecule has 92 valence electrons. The van der Waals surface area contributed by atoms with Crippen LogP contribution in [0.5, 0.6) is 0 Å². The Labute approximate surface area is 100 Å². The van der Waals surface area contributed by atoms with Crippen LogP contribution in [0.4, 0.5) is 10.8 Å². The summed E-state index contributed by atoms with van der Waals surface area (Å²) in [7, 11) is 3.87. The molecular formula is C10H20N4OS. The first kappa shape index (κ1) is 13.2. The van der Waals surface area contributed by atoms with Crippen LogP contribution in [0.2, 0.25) is 0 Å². The number of likely N-dealkylation sites (N-methyl/N-ethyl adjacent to an activating group) is 1. The molecule has 0 fully saturated rings. The molecule has 6 heteroatoms. The van der Waals surface area contributed by atoms with E-state index in [1.54, 1.807) is 6.92 Å². The second-order valence-electron chi connectivity index (χ2n) is 4.61. The highest BCUT2D eigenvalue weighted by Gasteiger charge is 2.21. The molecule has 1 aromatic rings. The van der Waals surface area contributed by atoms with E-state index in [1.165, 1.54) is 11.5 Å². The van der Waals surface area contributed by atoms with Gasteiger partial charge in [0.1, 0.15) is 10.8 Å². The quantitative estimate of drug-likeness (QED) is 0.713. The fourth-order valence-corrected chi connectivity index (χ4v) is 2.23. The molecule has 1 unspecified atom stereocenters. The van der Waals surface area contributed by atoms with Crippen LogP contribution in [0, 0.1) is 6.92 Å². The van der Waals surface area contributed by atoms with Crippen LogP contribution >= 0.6 is 11.5 Å². The first-order valence-corrected chi connectivity index (χ1v) is 5.92. The van der Waals surface area contributed by atoms with Gasteiger partial charge in [-0.2, -0.15) is 4.37 Å². The van der Waals surface area contributed by atoms with Gasteiger partial charge in [0.05, 0.1) is 5.60 Å². The molecule has 1 atom stereocenters. The van der Waals surface area contributed by atoms with Gasteiger partial charge in [-0.15, -0.1) is 0 Å². The maximum Gasteiger partial charge on any atom is 0.142 e. The Morgan fingerprint density at radius 2 is 2.19 bits per heavy atom. The number of hydrogen-bond acceptors (Lipinski definition) is 6. The minimum Gasteiger partial charge on any atom is -0.387 e. The molecule has 0 aliphatic rings. The first-order valence-electron chi connectivity index (χ1n) is 5.14. The third-order valence-corrected chi connectivity index (χ3v) is 3.17. The van der Waals surface area contributed by atoms with E-state index in [2.05, 4.69) is 9.69 Å². The van der Waals surface area contributed by atoms with E-state index in [4.69, 9.17) is 5.73 Å². The highest BCUT2D eigenvalue weighted by molar-refractivity contribution is 7.10. The lowest BCUT2D eigenvalue weighted by Gasteiger charge is -2.27. The lowest BCUT2D eigenvalue weighted by Crippen LogP contribution is -2.42. The Hall–Kier alpha value is -0.850. The van der Waals surface area contributed by atoms with E-state index in [-0.39, 0.29) is 0 Å². The minimum absolute atomic E-state index is 0.480. The van der Waals surface area contributed by atoms with Crippen LogP contribution in [0.3, 0.4) is 0 Å². The number of nitrogens with one attached hydrogen (secondary N) is 1. The summed E-state index contributed by atoms with van der Waals surface area (Å²) < 4.78 is 4.04. The van der Waals surface area contributed by atoms with E-state index >= 15 is 0 Å². The molecule has 0 amide bonds. The smallest absolute Gasteiger partial charge is 0.142 e. The van der Waals surface area contributed by atoms with Gasteiger partial charge in [0.2, 0.25) is 0 Å². The molecule has 0 aliphatic heterocycles. The minimum atomic E-state index is -0.769. The molecule has 5 nitrogen and oxygen atoms in total. The van der Waals surface area contributed by atoms with Crippen LogP contribution in [-0.2, 0) is 0 Å². The molecule has 0 aromatic carbocycles. The predicted molar refractivity (Wildman–Crippen MR) is 68.9 cm³/mol. The van der Waals surface area contributed by atoms with Crippen molar-refractivity contribution in [1.29, 1.82) is 0 Å². The van der Waals surface area contributed by atoms with Crippen molar-refractivity contribution in [1.82, 2.24) is 9.27 Å². The van der Waals surface area contributed by atoms with Crippen molar-refractivity contribution in [3.8, 4) is 0 Å². The van der Waals surface area contributed by atoms with Crippen LogP contribution < -0.4 is 11.1 Å². The van der Waals surface area contributed by atoms with Crippen LogP contribution in [-0.4, -0.2) is 47.2 Å². The summed E-state index contributed by atoms with van der Waals surface area (Å²) >= 11 is 1.32. The zero-order valence-corrected chi connectivity index (χ0v) is 11.1. The molecule has 0 radical (unpaired) electrons. The molecule has 0 spiro atoms. The average Bonchev–Trinajstić information content (AvgIpc) is 2.43. The van der Waals surface area contributed by atoms with Crippen LogP contribution in [0.25, 0.3) is 0 Å². The maximum absolute atomic E-state index is 10.1. The van der Waals surface area contributed by atoms with Crippen LogP contribution in [0.15, 0.2) is 0 Å². The van der Waals surface area contributed by atoms with Gasteiger partial charge in [0, 0.05) is 18.7 Å². The third-order valence-electron chi connectivity index (χ3n) is 2.25. The van der Waals surface area contributed by atoms with Crippen molar-refractivity contribution in [3.63, 3.8) is 0 Å². The Bertz CT molecular complexity index is 349. The van der Waals surface area contributed by atoms with Crippen molar-refractivity contribution in [3.05, 3.63) is 5.56 Å². The SMILES string of the molecule is Cc1c(N)nsc1NCC(C)(O)CN(C)C. The lowest BCUT2D eigenvalue weighted by molar-refractivity contribution is 0.0460. The number of rotatable bonds is 5. The van der Waals surface area contributed by atoms with Crippen LogP contribution in [0.1, 0.15) is 12.5 Å². The Morgan fingerprint density at radius 3 is 2.62 bits per heavy atom. The summed E-state index contributed by atoms with van der Waals surface area (Å²) in [4.78, 5) is 1.95. The molecule has 0 saturated heterocycles. The second kappa shape index (κ2) is 4.99. The summed E-state index contributed by atoms with van der Waals surface area (Å²) in [5, 5.41) is 14.2. The lowest BCUT2D eigenvalue weighted by atomic mass is 10.1. The summed E-state index contributed by atoms with van der Waals surface area (Å²) in [5.74, 6) is 0.555. The highest BCUT2D eigenvalue weighted by Crippen LogP contribution is 2.25. The third kappa shape index (κ3) is 3.62. The summed E-state index contributed by atoms with van der Waals surface area (Å²) in [6.07, 6.45) is 0. The highest BCUT2D eigenvalue weighted by atomic mass is 32.1. The molecule has 1 rings (SSSR count). The van der Waals surface area contributed by atoms with Gasteiger partial charge in [0.15, 0.2) is 0 Å². The Balaban J connectivity index is 2.54. The Kier molecular flexibility index (Phi) is 4.12. The van der Waals surface area contributed by atoms with Gasteiger partial charge in [-0.05, 0) is 39.5 Å². The Morgan fingerprint density at radius 1 is 1.56 bits per heavy atom. The van der Waals surface area contributed by atoms with Gasteiger partial charge in [-0.1, -0.05) is 0 Å². The maximum atomic E-state index is 10.1. The average molecular weight is 244 g/mol. The predicted octanol–water partition coefficient (Wildman–Crippen LogP) is 0.758. The largest absolute Gasteiger partial charge is 0.387 e. The monoisotopic (exact) mass is 244 g/mol. The molecule has 0 saturated carbocycles. The van der Waals surface area contributed by atoms with Crippen molar-refractivity contribution < 1.29 is 5.11 Å². The fraction of sp³-hybridized carbons (Fsp3) is 0.700. The molecule has 0 aliphatic carbocycles. The molecule has 0 bridgehead atoms. The van der Waals surface area contributed by atoms with Gasteiger partial charge < -0.3 is 21.1 Å². The van der Waals surface area contributed by atoms with Crippen molar-refractivity contribution in [2.45, 2.75) is 19.4 Å². The van der Waals surface area contributed by atoms with Gasteiger partial charge in [-0.3, -0.25) is 0 Å². The number of hydrogen-bond donors (Lipinski definition) is 3. The molecular weight excluding hydrogens is 224 g/mol. The van der Waals surface area contributed by atoms with Gasteiger partial charge in [-0.25, -0.2) is 0 Å².